The van der Waals surface area contributed by atoms with Crippen LogP contribution in [-0.4, -0.2) is 50.7 Å². The van der Waals surface area contributed by atoms with Crippen molar-refractivity contribution in [1.29, 1.82) is 0 Å². The molecule has 7 heteroatoms. The third-order valence-corrected chi connectivity index (χ3v) is 5.15. The summed E-state index contributed by atoms with van der Waals surface area (Å²) in [6.45, 7) is 5.11. The SMILES string of the molecule is CC[C@@H]1CN(C(=O)Cc2cnc(C)[nH]c2=O)CCC(=O)N1Cc1ccccc1. The molecule has 1 fully saturated rings. The molecule has 1 N–H and O–H groups in total. The topological polar surface area (TPSA) is 86.4 Å². The van der Waals surface area contributed by atoms with E-state index in [4.69, 9.17) is 0 Å². The number of nitrogens with zero attached hydrogens (tertiary/aromatic N) is 3. The maximum Gasteiger partial charge on any atom is 0.254 e. The van der Waals surface area contributed by atoms with Crippen LogP contribution in [0.5, 0.6) is 0 Å². The molecule has 0 unspecified atom stereocenters. The molecule has 0 radical (unpaired) electrons. The molecule has 0 saturated carbocycles. The Bertz CT molecular complexity index is 894. The molecule has 2 heterocycles. The van der Waals surface area contributed by atoms with E-state index in [1.54, 1.807) is 11.8 Å². The van der Waals surface area contributed by atoms with Crippen LogP contribution < -0.4 is 5.56 Å². The zero-order valence-corrected chi connectivity index (χ0v) is 16.4. The molecule has 0 spiro atoms. The molecule has 148 valence electrons. The lowest BCUT2D eigenvalue weighted by Crippen LogP contribution is -2.44. The van der Waals surface area contributed by atoms with E-state index >= 15 is 0 Å². The molecule has 3 rings (SSSR count). The molecule has 1 atom stereocenters. The van der Waals surface area contributed by atoms with E-state index in [9.17, 15) is 14.4 Å². The highest BCUT2D eigenvalue weighted by molar-refractivity contribution is 5.81. The Labute approximate surface area is 164 Å². The van der Waals surface area contributed by atoms with Gasteiger partial charge in [-0.25, -0.2) is 4.98 Å². The second-order valence-electron chi connectivity index (χ2n) is 7.16. The van der Waals surface area contributed by atoms with Gasteiger partial charge in [-0.3, -0.25) is 14.4 Å². The summed E-state index contributed by atoms with van der Waals surface area (Å²) in [5, 5.41) is 0. The molecular formula is C21H26N4O3. The quantitative estimate of drug-likeness (QED) is 0.852. The normalized spacial score (nSPS) is 17.5. The van der Waals surface area contributed by atoms with Gasteiger partial charge >= 0.3 is 0 Å². The van der Waals surface area contributed by atoms with Crippen molar-refractivity contribution in [3.63, 3.8) is 0 Å². The number of hydrogen-bond donors (Lipinski definition) is 1. The first-order valence-corrected chi connectivity index (χ1v) is 9.64. The zero-order valence-electron chi connectivity index (χ0n) is 16.4. The summed E-state index contributed by atoms with van der Waals surface area (Å²) in [6.07, 6.45) is 2.49. The fourth-order valence-electron chi connectivity index (χ4n) is 3.51. The highest BCUT2D eigenvalue weighted by Crippen LogP contribution is 2.18. The fourth-order valence-corrected chi connectivity index (χ4v) is 3.51. The molecule has 2 aromatic rings. The van der Waals surface area contributed by atoms with Gasteiger partial charge in [0.05, 0.1) is 6.42 Å². The van der Waals surface area contributed by atoms with Crippen LogP contribution in [0.2, 0.25) is 0 Å². The largest absolute Gasteiger partial charge is 0.340 e. The summed E-state index contributed by atoms with van der Waals surface area (Å²) in [6, 6.07) is 9.83. The Kier molecular flexibility index (Phi) is 6.23. The van der Waals surface area contributed by atoms with Crippen molar-refractivity contribution < 1.29 is 9.59 Å². The molecular weight excluding hydrogens is 356 g/mol. The average Bonchev–Trinajstić information content (AvgIpc) is 2.84. The van der Waals surface area contributed by atoms with Crippen LogP contribution in [0, 0.1) is 6.92 Å². The van der Waals surface area contributed by atoms with Crippen molar-refractivity contribution in [1.82, 2.24) is 19.8 Å². The number of benzene rings is 1. The summed E-state index contributed by atoms with van der Waals surface area (Å²) in [7, 11) is 0. The molecule has 2 amide bonds. The maximum absolute atomic E-state index is 12.8. The van der Waals surface area contributed by atoms with Crippen molar-refractivity contribution in [3.05, 3.63) is 63.8 Å². The molecule has 28 heavy (non-hydrogen) atoms. The van der Waals surface area contributed by atoms with Gasteiger partial charge in [0.25, 0.3) is 5.56 Å². The molecule has 7 nitrogen and oxygen atoms in total. The van der Waals surface area contributed by atoms with E-state index in [-0.39, 0.29) is 36.3 Å². The molecule has 1 aliphatic heterocycles. The highest BCUT2D eigenvalue weighted by Gasteiger charge is 2.30. The van der Waals surface area contributed by atoms with Gasteiger partial charge in [-0.05, 0) is 18.9 Å². The number of hydrogen-bond acceptors (Lipinski definition) is 4. The first-order chi connectivity index (χ1) is 13.5. The van der Waals surface area contributed by atoms with Crippen molar-refractivity contribution in [2.24, 2.45) is 0 Å². The fraction of sp³-hybridized carbons (Fsp3) is 0.429. The van der Waals surface area contributed by atoms with Gasteiger partial charge in [-0.15, -0.1) is 0 Å². The van der Waals surface area contributed by atoms with Gasteiger partial charge in [0, 0.05) is 43.9 Å². The number of nitrogens with one attached hydrogen (secondary N) is 1. The minimum atomic E-state index is -0.288. The van der Waals surface area contributed by atoms with Crippen molar-refractivity contribution in [2.45, 2.75) is 45.7 Å². The van der Waals surface area contributed by atoms with Crippen LogP contribution in [0.15, 0.2) is 41.3 Å². The summed E-state index contributed by atoms with van der Waals surface area (Å²) in [4.78, 5) is 47.8. The third kappa shape index (κ3) is 4.65. The average molecular weight is 382 g/mol. The summed E-state index contributed by atoms with van der Waals surface area (Å²) in [5.74, 6) is 0.425. The Morgan fingerprint density at radius 1 is 1.25 bits per heavy atom. The molecule has 0 bridgehead atoms. The minimum Gasteiger partial charge on any atom is -0.340 e. The van der Waals surface area contributed by atoms with Gasteiger partial charge in [0.2, 0.25) is 11.8 Å². The third-order valence-electron chi connectivity index (χ3n) is 5.15. The first-order valence-electron chi connectivity index (χ1n) is 9.64. The number of rotatable bonds is 5. The number of amides is 2. The number of aromatic nitrogens is 2. The summed E-state index contributed by atoms with van der Waals surface area (Å²) < 4.78 is 0. The number of carbonyl (C=O) groups excluding carboxylic acids is 2. The molecule has 1 aliphatic rings. The van der Waals surface area contributed by atoms with Gasteiger partial charge in [0.15, 0.2) is 0 Å². The lowest BCUT2D eigenvalue weighted by Gasteiger charge is -2.31. The van der Waals surface area contributed by atoms with E-state index in [1.165, 1.54) is 6.20 Å². The van der Waals surface area contributed by atoms with E-state index in [0.29, 0.717) is 31.0 Å². The van der Waals surface area contributed by atoms with Gasteiger partial charge in [0.1, 0.15) is 5.82 Å². The predicted octanol–water partition coefficient (Wildman–Crippen LogP) is 1.66. The van der Waals surface area contributed by atoms with Crippen LogP contribution in [-0.2, 0) is 22.6 Å². The van der Waals surface area contributed by atoms with E-state index in [1.807, 2.05) is 42.2 Å². The van der Waals surface area contributed by atoms with Crippen LogP contribution in [0.25, 0.3) is 0 Å². The van der Waals surface area contributed by atoms with E-state index in [2.05, 4.69) is 9.97 Å². The van der Waals surface area contributed by atoms with Gasteiger partial charge in [-0.1, -0.05) is 37.3 Å². The van der Waals surface area contributed by atoms with Crippen LogP contribution in [0.4, 0.5) is 0 Å². The van der Waals surface area contributed by atoms with Crippen molar-refractivity contribution in [2.75, 3.05) is 13.1 Å². The Balaban J connectivity index is 1.73. The number of H-pyrrole nitrogens is 1. The standard InChI is InChI=1S/C21H26N4O3/c1-3-18-14-24(20(27)11-17-12-22-15(2)23-21(17)28)10-9-19(26)25(18)13-16-7-5-4-6-8-16/h4-8,12,18H,3,9-11,13-14H2,1-2H3,(H,22,23,28)/t18-/m1/s1. The second-order valence-corrected chi connectivity index (χ2v) is 7.16. The second kappa shape index (κ2) is 8.82. The highest BCUT2D eigenvalue weighted by atomic mass is 16.2. The Hall–Kier alpha value is -2.96. The van der Waals surface area contributed by atoms with Crippen LogP contribution in [0.1, 0.15) is 36.7 Å². The van der Waals surface area contributed by atoms with Crippen molar-refractivity contribution >= 4 is 11.8 Å². The summed E-state index contributed by atoms with van der Waals surface area (Å²) >= 11 is 0. The predicted molar refractivity (Wildman–Crippen MR) is 106 cm³/mol. The smallest absolute Gasteiger partial charge is 0.254 e. The lowest BCUT2D eigenvalue weighted by atomic mass is 10.1. The number of aryl methyl sites for hydroxylation is 1. The molecule has 1 saturated heterocycles. The van der Waals surface area contributed by atoms with Crippen LogP contribution >= 0.6 is 0 Å². The maximum atomic E-state index is 12.8. The van der Waals surface area contributed by atoms with Crippen LogP contribution in [0.3, 0.4) is 0 Å². The minimum absolute atomic E-state index is 0.00801. The number of aromatic amines is 1. The van der Waals surface area contributed by atoms with Gasteiger partial charge in [-0.2, -0.15) is 0 Å². The Morgan fingerprint density at radius 2 is 2.00 bits per heavy atom. The first kappa shape index (κ1) is 19.8. The Morgan fingerprint density at radius 3 is 2.68 bits per heavy atom. The van der Waals surface area contributed by atoms with Gasteiger partial charge < -0.3 is 14.8 Å². The lowest BCUT2D eigenvalue weighted by molar-refractivity contribution is -0.133. The zero-order chi connectivity index (χ0) is 20.1. The number of carbonyl (C=O) groups is 2. The van der Waals surface area contributed by atoms with Crippen molar-refractivity contribution in [3.8, 4) is 0 Å². The summed E-state index contributed by atoms with van der Waals surface area (Å²) in [5.41, 5.74) is 1.14. The van der Waals surface area contributed by atoms with E-state index < -0.39 is 0 Å². The molecule has 1 aromatic carbocycles. The van der Waals surface area contributed by atoms with E-state index in [0.717, 1.165) is 12.0 Å². The molecule has 1 aromatic heterocycles. The monoisotopic (exact) mass is 382 g/mol. The molecule has 0 aliphatic carbocycles.